The Morgan fingerprint density at radius 2 is 1.86 bits per heavy atom. The Kier molecular flexibility index (Phi) is 7.86. The van der Waals surface area contributed by atoms with Gasteiger partial charge in [0.1, 0.15) is 0 Å². The molecular weight excluding hydrogens is 545 g/mol. The fraction of sp³-hybridized carbons (Fsp3) is 0.367. The van der Waals surface area contributed by atoms with E-state index in [-0.39, 0.29) is 16.8 Å². The van der Waals surface area contributed by atoms with Crippen LogP contribution in [-0.2, 0) is 13.2 Å². The normalized spacial score (nSPS) is 16.1. The Bertz CT molecular complexity index is 1590. The molecule has 12 heteroatoms. The number of hydrazine groups is 2. The zero-order valence-corrected chi connectivity index (χ0v) is 24.6. The van der Waals surface area contributed by atoms with E-state index >= 15 is 0 Å². The number of alkyl halides is 3. The number of carbonyl (C=O) groups is 1. The molecule has 0 bridgehead atoms. The summed E-state index contributed by atoms with van der Waals surface area (Å²) < 4.78 is 44.0. The SMILES string of the molecule is CCN1CC=C(c2cc(NC(=O)c3cnc(C)c(N4C=C(c5cnn(C)c5C)N(C)N4)c3)cc(C(F)(F)F)c2C)CC1. The maximum Gasteiger partial charge on any atom is 0.416 e. The second-order valence-corrected chi connectivity index (χ2v) is 10.7. The molecule has 0 aliphatic carbocycles. The largest absolute Gasteiger partial charge is 0.416 e. The summed E-state index contributed by atoms with van der Waals surface area (Å²) in [4.78, 5) is 20.0. The molecule has 0 saturated carbocycles. The Labute approximate surface area is 243 Å². The van der Waals surface area contributed by atoms with E-state index in [0.29, 0.717) is 29.9 Å². The number of amides is 1. The zero-order valence-electron chi connectivity index (χ0n) is 24.6. The average molecular weight is 581 g/mol. The van der Waals surface area contributed by atoms with Gasteiger partial charge in [0, 0.05) is 56.5 Å². The van der Waals surface area contributed by atoms with Crippen molar-refractivity contribution in [1.29, 1.82) is 0 Å². The third-order valence-electron chi connectivity index (χ3n) is 8.02. The van der Waals surface area contributed by atoms with Crippen LogP contribution in [0.1, 0.15) is 57.3 Å². The van der Waals surface area contributed by atoms with E-state index in [0.717, 1.165) is 41.7 Å². The van der Waals surface area contributed by atoms with E-state index in [4.69, 9.17) is 0 Å². The van der Waals surface area contributed by atoms with Gasteiger partial charge in [0.2, 0.25) is 0 Å². The van der Waals surface area contributed by atoms with Gasteiger partial charge in [-0.2, -0.15) is 18.3 Å². The summed E-state index contributed by atoms with van der Waals surface area (Å²) in [6, 6.07) is 4.31. The summed E-state index contributed by atoms with van der Waals surface area (Å²) in [6.45, 7) is 9.67. The third kappa shape index (κ3) is 5.64. The highest BCUT2D eigenvalue weighted by molar-refractivity contribution is 6.05. The number of benzene rings is 1. The number of nitrogens with zero attached hydrogens (tertiary/aromatic N) is 6. The predicted octanol–water partition coefficient (Wildman–Crippen LogP) is 5.29. The molecule has 0 unspecified atom stereocenters. The van der Waals surface area contributed by atoms with Crippen LogP contribution in [0.4, 0.5) is 24.5 Å². The zero-order chi connectivity index (χ0) is 30.3. The minimum Gasteiger partial charge on any atom is -0.322 e. The number of likely N-dealkylation sites (N-methyl/N-ethyl adjacent to an activating group) is 1. The molecule has 2 aliphatic heterocycles. The summed E-state index contributed by atoms with van der Waals surface area (Å²) in [7, 11) is 3.74. The summed E-state index contributed by atoms with van der Waals surface area (Å²) >= 11 is 0. The summed E-state index contributed by atoms with van der Waals surface area (Å²) in [5, 5.41) is 10.6. The standard InChI is InChI=1S/C30H35F3N8O/c1-7-40-10-8-21(9-11-40)24-13-23(14-26(18(24)2)30(31,32)33)36-29(42)22-12-27(19(3)34-15-22)41-17-28(39(6)37-41)25-16-35-38(5)20(25)4/h8,12-17,37H,7,9-11H2,1-6H3,(H,36,42). The highest BCUT2D eigenvalue weighted by atomic mass is 19.4. The first kappa shape index (κ1) is 29.3. The number of aromatic nitrogens is 3. The van der Waals surface area contributed by atoms with Gasteiger partial charge in [0.25, 0.3) is 5.91 Å². The van der Waals surface area contributed by atoms with Crippen molar-refractivity contribution < 1.29 is 18.0 Å². The lowest BCUT2D eigenvalue weighted by molar-refractivity contribution is -0.138. The van der Waals surface area contributed by atoms with Gasteiger partial charge in [-0.05, 0) is 68.6 Å². The fourth-order valence-corrected chi connectivity index (χ4v) is 5.33. The number of hydrogen-bond donors (Lipinski definition) is 2. The highest BCUT2D eigenvalue weighted by Gasteiger charge is 2.34. The number of halogens is 3. The Hall–Kier alpha value is -4.16. The van der Waals surface area contributed by atoms with Crippen molar-refractivity contribution in [2.75, 3.05) is 37.0 Å². The molecule has 0 fully saturated rings. The topological polar surface area (TPSA) is 81.6 Å². The average Bonchev–Trinajstić information content (AvgIpc) is 3.49. The maximum absolute atomic E-state index is 14.1. The summed E-state index contributed by atoms with van der Waals surface area (Å²) in [5.41, 5.74) is 8.38. The summed E-state index contributed by atoms with van der Waals surface area (Å²) in [5.74, 6) is -0.554. The number of carbonyl (C=O) groups excluding carboxylic acids is 1. The molecule has 4 heterocycles. The van der Waals surface area contributed by atoms with Crippen molar-refractivity contribution >= 4 is 28.6 Å². The lowest BCUT2D eigenvalue weighted by atomic mass is 9.91. The second kappa shape index (κ2) is 11.3. The van der Waals surface area contributed by atoms with Crippen LogP contribution >= 0.6 is 0 Å². The van der Waals surface area contributed by atoms with Gasteiger partial charge in [0.05, 0.1) is 34.4 Å². The molecule has 42 heavy (non-hydrogen) atoms. The van der Waals surface area contributed by atoms with Crippen molar-refractivity contribution in [2.24, 2.45) is 7.05 Å². The van der Waals surface area contributed by atoms with Crippen LogP contribution < -0.4 is 15.9 Å². The van der Waals surface area contributed by atoms with E-state index in [2.05, 4.69) is 32.8 Å². The Morgan fingerprint density at radius 3 is 2.48 bits per heavy atom. The van der Waals surface area contributed by atoms with Gasteiger partial charge in [0.15, 0.2) is 0 Å². The Balaban J connectivity index is 1.44. The van der Waals surface area contributed by atoms with Gasteiger partial charge < -0.3 is 5.32 Å². The van der Waals surface area contributed by atoms with Crippen LogP contribution in [-0.4, -0.2) is 57.3 Å². The summed E-state index contributed by atoms with van der Waals surface area (Å²) in [6.07, 6.45) is 3.15. The smallest absolute Gasteiger partial charge is 0.322 e. The first-order valence-corrected chi connectivity index (χ1v) is 13.8. The van der Waals surface area contributed by atoms with Crippen molar-refractivity contribution in [2.45, 2.75) is 40.3 Å². The van der Waals surface area contributed by atoms with E-state index in [1.807, 2.05) is 45.2 Å². The first-order chi connectivity index (χ1) is 19.9. The van der Waals surface area contributed by atoms with Gasteiger partial charge >= 0.3 is 6.18 Å². The molecule has 5 rings (SSSR count). The minimum absolute atomic E-state index is 0.0853. The molecule has 2 aromatic heterocycles. The molecule has 2 aliphatic rings. The van der Waals surface area contributed by atoms with E-state index in [1.54, 1.807) is 28.0 Å². The molecule has 2 N–H and O–H groups in total. The van der Waals surface area contributed by atoms with E-state index in [1.165, 1.54) is 13.1 Å². The molecular formula is C30H35F3N8O. The molecule has 0 saturated heterocycles. The van der Waals surface area contributed by atoms with Crippen LogP contribution in [0, 0.1) is 20.8 Å². The number of anilines is 2. The lowest BCUT2D eigenvalue weighted by Gasteiger charge is -2.26. The van der Waals surface area contributed by atoms with Crippen LogP contribution in [0.25, 0.3) is 11.3 Å². The lowest BCUT2D eigenvalue weighted by Crippen LogP contribution is -2.38. The number of pyridine rings is 1. The molecule has 0 radical (unpaired) electrons. The number of hydrogen-bond acceptors (Lipinski definition) is 7. The van der Waals surface area contributed by atoms with Crippen LogP contribution in [0.15, 0.2) is 42.9 Å². The number of nitrogens with one attached hydrogen (secondary N) is 2. The molecule has 1 aromatic carbocycles. The number of aryl methyl sites for hydroxylation is 2. The molecule has 1 amide bonds. The fourth-order valence-electron chi connectivity index (χ4n) is 5.33. The van der Waals surface area contributed by atoms with Crippen molar-refractivity contribution in [3.05, 3.63) is 82.1 Å². The molecule has 0 spiro atoms. The van der Waals surface area contributed by atoms with Gasteiger partial charge in [-0.3, -0.25) is 29.4 Å². The van der Waals surface area contributed by atoms with Crippen LogP contribution in [0.2, 0.25) is 0 Å². The van der Waals surface area contributed by atoms with Gasteiger partial charge in [-0.1, -0.05) is 13.0 Å². The van der Waals surface area contributed by atoms with Crippen LogP contribution in [0.3, 0.4) is 0 Å². The molecule has 0 atom stereocenters. The monoisotopic (exact) mass is 580 g/mol. The quantitative estimate of drug-likeness (QED) is 0.410. The van der Waals surface area contributed by atoms with Crippen molar-refractivity contribution in [3.8, 4) is 0 Å². The minimum atomic E-state index is -4.56. The second-order valence-electron chi connectivity index (χ2n) is 10.7. The molecule has 9 nitrogen and oxygen atoms in total. The van der Waals surface area contributed by atoms with Gasteiger partial charge in [-0.15, -0.1) is 5.53 Å². The third-order valence-corrected chi connectivity index (χ3v) is 8.02. The first-order valence-electron chi connectivity index (χ1n) is 13.8. The molecule has 222 valence electrons. The van der Waals surface area contributed by atoms with Crippen LogP contribution in [0.5, 0.6) is 0 Å². The van der Waals surface area contributed by atoms with Crippen molar-refractivity contribution in [1.82, 2.24) is 30.2 Å². The number of rotatable bonds is 6. The van der Waals surface area contributed by atoms with E-state index in [9.17, 15) is 18.0 Å². The Morgan fingerprint density at radius 1 is 1.10 bits per heavy atom. The van der Waals surface area contributed by atoms with Crippen molar-refractivity contribution in [3.63, 3.8) is 0 Å². The maximum atomic E-state index is 14.1. The molecule has 3 aromatic rings. The predicted molar refractivity (Wildman–Crippen MR) is 157 cm³/mol. The van der Waals surface area contributed by atoms with E-state index < -0.39 is 17.6 Å². The highest BCUT2D eigenvalue weighted by Crippen LogP contribution is 2.39. The van der Waals surface area contributed by atoms with Gasteiger partial charge in [-0.25, -0.2) is 0 Å².